The number of hydrogen-bond donors (Lipinski definition) is 1. The maximum Gasteiger partial charge on any atom is 0.237 e. The summed E-state index contributed by atoms with van der Waals surface area (Å²) in [4.78, 5) is 27.7. The molecule has 0 saturated heterocycles. The molecule has 5 heteroatoms. The number of carbonyl (C=O) groups excluding carboxylic acids is 2. The molecule has 0 bridgehead atoms. The number of nitrogens with zero attached hydrogens (tertiary/aromatic N) is 1. The van der Waals surface area contributed by atoms with Gasteiger partial charge in [0.15, 0.2) is 0 Å². The molecule has 0 radical (unpaired) electrons. The lowest BCUT2D eigenvalue weighted by Crippen LogP contribution is -2.37. The molecule has 0 saturated carbocycles. The highest BCUT2D eigenvalue weighted by molar-refractivity contribution is 8.00. The van der Waals surface area contributed by atoms with Gasteiger partial charge >= 0.3 is 0 Å². The third-order valence-electron chi connectivity index (χ3n) is 4.56. The molecule has 0 unspecified atom stereocenters. The van der Waals surface area contributed by atoms with Crippen LogP contribution in [0.3, 0.4) is 0 Å². The Morgan fingerprint density at radius 1 is 1.19 bits per heavy atom. The van der Waals surface area contributed by atoms with E-state index in [2.05, 4.69) is 25.2 Å². The van der Waals surface area contributed by atoms with Gasteiger partial charge in [-0.1, -0.05) is 44.2 Å². The molecule has 0 fully saturated rings. The number of aryl methyl sites for hydroxylation is 1. The van der Waals surface area contributed by atoms with E-state index in [9.17, 15) is 9.59 Å². The number of rotatable bonds is 5. The van der Waals surface area contributed by atoms with Crippen LogP contribution in [0.25, 0.3) is 0 Å². The first-order valence-electron chi connectivity index (χ1n) is 8.89. The zero-order valence-corrected chi connectivity index (χ0v) is 16.2. The summed E-state index contributed by atoms with van der Waals surface area (Å²) in [6.07, 6.45) is 0.274. The Balaban J connectivity index is 1.70. The lowest BCUT2D eigenvalue weighted by molar-refractivity contribution is -0.117. The molecular weight excluding hydrogens is 344 g/mol. The van der Waals surface area contributed by atoms with Crippen LogP contribution in [-0.2, 0) is 9.59 Å². The molecule has 4 nitrogen and oxygen atoms in total. The molecule has 1 aliphatic heterocycles. The topological polar surface area (TPSA) is 49.4 Å². The molecule has 2 aromatic rings. The van der Waals surface area contributed by atoms with Gasteiger partial charge in [-0.15, -0.1) is 11.8 Å². The van der Waals surface area contributed by atoms with Gasteiger partial charge < -0.3 is 10.2 Å². The summed E-state index contributed by atoms with van der Waals surface area (Å²) in [7, 11) is 0. The number of anilines is 2. The smallest absolute Gasteiger partial charge is 0.237 e. The first-order valence-corrected chi connectivity index (χ1v) is 9.87. The van der Waals surface area contributed by atoms with Crippen molar-refractivity contribution in [3.05, 3.63) is 53.6 Å². The Kier molecular flexibility index (Phi) is 5.67. The highest BCUT2D eigenvalue weighted by atomic mass is 32.2. The van der Waals surface area contributed by atoms with Crippen LogP contribution in [0.4, 0.5) is 11.4 Å². The van der Waals surface area contributed by atoms with Gasteiger partial charge in [-0.2, -0.15) is 0 Å². The summed E-state index contributed by atoms with van der Waals surface area (Å²) < 4.78 is 0. The monoisotopic (exact) mass is 368 g/mol. The van der Waals surface area contributed by atoms with Crippen molar-refractivity contribution in [3.63, 3.8) is 0 Å². The van der Waals surface area contributed by atoms with Crippen molar-refractivity contribution in [2.45, 2.75) is 38.0 Å². The van der Waals surface area contributed by atoms with E-state index in [1.54, 1.807) is 16.7 Å². The van der Waals surface area contributed by atoms with Crippen molar-refractivity contribution >= 4 is 35.0 Å². The van der Waals surface area contributed by atoms with Crippen LogP contribution in [0.2, 0.25) is 0 Å². The predicted octanol–water partition coefficient (Wildman–Crippen LogP) is 4.59. The number of carbonyl (C=O) groups is 2. The van der Waals surface area contributed by atoms with Crippen molar-refractivity contribution in [2.75, 3.05) is 22.5 Å². The fraction of sp³-hybridized carbons (Fsp3) is 0.333. The Hall–Kier alpha value is -2.27. The van der Waals surface area contributed by atoms with E-state index in [-0.39, 0.29) is 18.2 Å². The number of benzene rings is 2. The molecule has 26 heavy (non-hydrogen) atoms. The molecule has 1 heterocycles. The van der Waals surface area contributed by atoms with Crippen molar-refractivity contribution in [1.82, 2.24) is 0 Å². The van der Waals surface area contributed by atoms with Gasteiger partial charge in [0.05, 0.1) is 11.4 Å². The molecule has 0 aliphatic carbocycles. The first kappa shape index (κ1) is 18.5. The number of amides is 2. The number of thioether (sulfide) groups is 1. The van der Waals surface area contributed by atoms with Gasteiger partial charge in [0.25, 0.3) is 0 Å². The average Bonchev–Trinajstić information content (AvgIpc) is 2.62. The zero-order valence-electron chi connectivity index (χ0n) is 15.4. The second-order valence-electron chi connectivity index (χ2n) is 6.79. The molecule has 1 aliphatic rings. The number of fused-ring (bicyclic) bond motifs is 1. The van der Waals surface area contributed by atoms with Crippen LogP contribution in [0.1, 0.15) is 37.3 Å². The molecule has 2 aromatic carbocycles. The van der Waals surface area contributed by atoms with Crippen LogP contribution in [-0.4, -0.2) is 24.1 Å². The first-order chi connectivity index (χ1) is 12.5. The second-order valence-corrected chi connectivity index (χ2v) is 7.81. The average molecular weight is 369 g/mol. The molecule has 2 amide bonds. The number of hydrogen-bond acceptors (Lipinski definition) is 3. The van der Waals surface area contributed by atoms with Crippen molar-refractivity contribution in [2.24, 2.45) is 0 Å². The Morgan fingerprint density at radius 2 is 1.96 bits per heavy atom. The summed E-state index contributed by atoms with van der Waals surface area (Å²) in [5.74, 6) is 0.747. The lowest BCUT2D eigenvalue weighted by atomic mass is 9.98. The third-order valence-corrected chi connectivity index (χ3v) is 5.61. The van der Waals surface area contributed by atoms with Gasteiger partial charge in [-0.05, 0) is 36.1 Å². The Labute approximate surface area is 159 Å². The summed E-state index contributed by atoms with van der Waals surface area (Å²) in [6, 6.07) is 13.9. The summed E-state index contributed by atoms with van der Waals surface area (Å²) >= 11 is 1.55. The van der Waals surface area contributed by atoms with Crippen molar-refractivity contribution < 1.29 is 9.59 Å². The molecule has 0 aromatic heterocycles. The highest BCUT2D eigenvalue weighted by Gasteiger charge is 2.24. The Morgan fingerprint density at radius 3 is 2.73 bits per heavy atom. The summed E-state index contributed by atoms with van der Waals surface area (Å²) in [5.41, 5.74) is 3.99. The van der Waals surface area contributed by atoms with E-state index in [1.165, 1.54) is 0 Å². The van der Waals surface area contributed by atoms with Crippen LogP contribution < -0.4 is 10.2 Å². The minimum atomic E-state index is -0.0651. The van der Waals surface area contributed by atoms with E-state index < -0.39 is 0 Å². The van der Waals surface area contributed by atoms with E-state index in [1.807, 2.05) is 43.3 Å². The van der Waals surface area contributed by atoms with Gasteiger partial charge in [0.2, 0.25) is 11.8 Å². The van der Waals surface area contributed by atoms with E-state index in [0.717, 1.165) is 27.4 Å². The van der Waals surface area contributed by atoms with E-state index in [4.69, 9.17) is 0 Å². The van der Waals surface area contributed by atoms with Gasteiger partial charge in [-0.25, -0.2) is 0 Å². The standard InChI is InChI=1S/C21H24N2O2S/c1-14(2)16-8-6-7-15(3)21(16)22-19(24)11-12-23-17-9-4-5-10-18(17)26-13-20(23)25/h4-10,14H,11-13H2,1-3H3,(H,22,24). The fourth-order valence-corrected chi connectivity index (χ4v) is 4.09. The number of para-hydroxylation sites is 2. The van der Waals surface area contributed by atoms with E-state index >= 15 is 0 Å². The van der Waals surface area contributed by atoms with Gasteiger partial charge in [0.1, 0.15) is 0 Å². The molecule has 0 atom stereocenters. The minimum absolute atomic E-state index is 0.0558. The number of nitrogens with one attached hydrogen (secondary N) is 1. The molecule has 0 spiro atoms. The highest BCUT2D eigenvalue weighted by Crippen LogP contribution is 2.35. The van der Waals surface area contributed by atoms with Crippen LogP contribution in [0, 0.1) is 6.92 Å². The summed E-state index contributed by atoms with van der Waals surface area (Å²) in [6.45, 7) is 6.63. The van der Waals surface area contributed by atoms with Crippen molar-refractivity contribution in [1.29, 1.82) is 0 Å². The van der Waals surface area contributed by atoms with Crippen molar-refractivity contribution in [3.8, 4) is 0 Å². The second kappa shape index (κ2) is 7.96. The maximum absolute atomic E-state index is 12.5. The third kappa shape index (κ3) is 3.93. The normalized spacial score (nSPS) is 13.7. The molecular formula is C21H24N2O2S. The van der Waals surface area contributed by atoms with Crippen LogP contribution >= 0.6 is 11.8 Å². The molecule has 3 rings (SSSR count). The fourth-order valence-electron chi connectivity index (χ4n) is 3.16. The van der Waals surface area contributed by atoms with E-state index in [0.29, 0.717) is 18.2 Å². The van der Waals surface area contributed by atoms with Gasteiger partial charge in [0, 0.05) is 23.5 Å². The largest absolute Gasteiger partial charge is 0.326 e. The lowest BCUT2D eigenvalue weighted by Gasteiger charge is -2.28. The van der Waals surface area contributed by atoms with Gasteiger partial charge in [-0.3, -0.25) is 9.59 Å². The van der Waals surface area contributed by atoms with Crippen LogP contribution in [0.5, 0.6) is 0 Å². The molecule has 136 valence electrons. The summed E-state index contributed by atoms with van der Waals surface area (Å²) in [5, 5.41) is 3.06. The zero-order chi connectivity index (χ0) is 18.7. The molecule has 1 N–H and O–H groups in total. The Bertz CT molecular complexity index is 833. The minimum Gasteiger partial charge on any atom is -0.326 e. The maximum atomic E-state index is 12.5. The van der Waals surface area contributed by atoms with Crippen LogP contribution in [0.15, 0.2) is 47.4 Å². The predicted molar refractivity (Wildman–Crippen MR) is 108 cm³/mol. The SMILES string of the molecule is Cc1cccc(C(C)C)c1NC(=O)CCN1C(=O)CSc2ccccc21. The quantitative estimate of drug-likeness (QED) is 0.840.